The molecule has 1 atom stereocenters. The second-order valence-corrected chi connectivity index (χ2v) is 9.25. The Bertz CT molecular complexity index is 1820. The van der Waals surface area contributed by atoms with Gasteiger partial charge in [-0.15, -0.1) is 0 Å². The van der Waals surface area contributed by atoms with Crippen molar-refractivity contribution in [2.75, 3.05) is 5.32 Å². The standard InChI is InChI=1S/C27H21ClN4O4/c1-30-23-20(26(35)31(2)27(30)36)22(14-10-12-15(28)13-11-14)32-18-8-4-3-7-17(18)29-21(24(23)32)16-6-5-9-19(33)25(16)34/h3-13,21,29,33-34H,1-2H3. The second-order valence-electron chi connectivity index (χ2n) is 8.81. The molecule has 0 amide bonds. The van der Waals surface area contributed by atoms with Crippen molar-refractivity contribution in [2.45, 2.75) is 6.04 Å². The number of aromatic nitrogens is 3. The highest BCUT2D eigenvalue weighted by molar-refractivity contribution is 6.30. The number of hydrogen-bond donors (Lipinski definition) is 3. The zero-order valence-corrected chi connectivity index (χ0v) is 20.1. The van der Waals surface area contributed by atoms with Crippen LogP contribution in [0.4, 0.5) is 5.69 Å². The maximum absolute atomic E-state index is 13.7. The van der Waals surface area contributed by atoms with Crippen molar-refractivity contribution in [2.24, 2.45) is 14.1 Å². The zero-order valence-electron chi connectivity index (χ0n) is 19.4. The number of phenolic OH excluding ortho intramolecular Hbond substituents is 2. The van der Waals surface area contributed by atoms with E-state index in [2.05, 4.69) is 5.32 Å². The van der Waals surface area contributed by atoms with Gasteiger partial charge in [0.15, 0.2) is 11.5 Å². The third-order valence-electron chi connectivity index (χ3n) is 6.80. The van der Waals surface area contributed by atoms with Crippen molar-refractivity contribution in [3.8, 4) is 28.4 Å². The first kappa shape index (κ1) is 22.1. The SMILES string of the molecule is Cn1c(=O)c2c(-c3ccc(Cl)cc3)n3c(c2n(C)c1=O)C(c1cccc(O)c1O)Nc1ccccc1-3. The largest absolute Gasteiger partial charge is 0.504 e. The minimum atomic E-state index is -0.687. The number of para-hydroxylation sites is 3. The van der Waals surface area contributed by atoms with Gasteiger partial charge in [-0.2, -0.15) is 0 Å². The average Bonchev–Trinajstić information content (AvgIpc) is 3.24. The molecule has 0 bridgehead atoms. The number of rotatable bonds is 2. The van der Waals surface area contributed by atoms with Gasteiger partial charge < -0.3 is 20.1 Å². The van der Waals surface area contributed by atoms with Crippen LogP contribution >= 0.6 is 11.6 Å². The molecule has 3 heterocycles. The minimum Gasteiger partial charge on any atom is -0.504 e. The number of nitrogens with one attached hydrogen (secondary N) is 1. The van der Waals surface area contributed by atoms with E-state index in [9.17, 15) is 19.8 Å². The Hall–Kier alpha value is -4.43. The van der Waals surface area contributed by atoms with Crippen molar-refractivity contribution in [1.29, 1.82) is 0 Å². The van der Waals surface area contributed by atoms with Crippen molar-refractivity contribution < 1.29 is 10.2 Å². The molecule has 0 spiro atoms. The molecule has 5 aromatic rings. The molecule has 1 aliphatic rings. The number of aryl methyl sites for hydroxylation is 1. The molecule has 9 heteroatoms. The predicted octanol–water partition coefficient (Wildman–Crippen LogP) is 4.27. The highest BCUT2D eigenvalue weighted by atomic mass is 35.5. The van der Waals surface area contributed by atoms with Gasteiger partial charge in [-0.05, 0) is 35.9 Å². The summed E-state index contributed by atoms with van der Waals surface area (Å²) in [5, 5.41) is 25.5. The van der Waals surface area contributed by atoms with E-state index in [1.165, 1.54) is 17.7 Å². The monoisotopic (exact) mass is 500 g/mol. The van der Waals surface area contributed by atoms with E-state index in [1.807, 2.05) is 41.0 Å². The molecule has 0 saturated carbocycles. The maximum Gasteiger partial charge on any atom is 0.331 e. The lowest BCUT2D eigenvalue weighted by molar-refractivity contribution is 0.398. The van der Waals surface area contributed by atoms with Crippen LogP contribution in [-0.2, 0) is 14.1 Å². The maximum atomic E-state index is 13.7. The van der Waals surface area contributed by atoms with Gasteiger partial charge in [-0.3, -0.25) is 13.9 Å². The van der Waals surface area contributed by atoms with Crippen molar-refractivity contribution >= 4 is 28.2 Å². The molecular formula is C27H21ClN4O4. The normalized spacial score (nSPS) is 14.4. The van der Waals surface area contributed by atoms with Gasteiger partial charge in [0.25, 0.3) is 5.56 Å². The van der Waals surface area contributed by atoms with Crippen LogP contribution in [0.15, 0.2) is 76.3 Å². The first-order chi connectivity index (χ1) is 17.3. The molecule has 0 radical (unpaired) electrons. The smallest absolute Gasteiger partial charge is 0.331 e. The highest BCUT2D eigenvalue weighted by Gasteiger charge is 2.36. The number of benzene rings is 3. The van der Waals surface area contributed by atoms with Crippen LogP contribution in [0.5, 0.6) is 11.5 Å². The molecule has 8 nitrogen and oxygen atoms in total. The van der Waals surface area contributed by atoms with E-state index in [1.54, 1.807) is 31.3 Å². The summed E-state index contributed by atoms with van der Waals surface area (Å²) in [5.74, 6) is -0.546. The summed E-state index contributed by atoms with van der Waals surface area (Å²) in [5.41, 5.74) is 3.40. The first-order valence-corrected chi connectivity index (χ1v) is 11.6. The lowest BCUT2D eigenvalue weighted by Crippen LogP contribution is -2.37. The number of anilines is 1. The van der Waals surface area contributed by atoms with E-state index >= 15 is 0 Å². The minimum absolute atomic E-state index is 0.265. The fourth-order valence-electron chi connectivity index (χ4n) is 5.11. The molecule has 0 saturated heterocycles. The number of aromatic hydroxyl groups is 2. The van der Waals surface area contributed by atoms with Gasteiger partial charge in [0, 0.05) is 24.7 Å². The Morgan fingerprint density at radius 2 is 1.61 bits per heavy atom. The highest BCUT2D eigenvalue weighted by Crippen LogP contribution is 2.47. The molecule has 36 heavy (non-hydrogen) atoms. The number of hydrogen-bond acceptors (Lipinski definition) is 5. The fourth-order valence-corrected chi connectivity index (χ4v) is 5.24. The van der Waals surface area contributed by atoms with E-state index in [-0.39, 0.29) is 11.5 Å². The summed E-state index contributed by atoms with van der Waals surface area (Å²) in [4.78, 5) is 26.7. The Kier molecular flexibility index (Phi) is 4.77. The Labute approximate surface area is 209 Å². The summed E-state index contributed by atoms with van der Waals surface area (Å²) in [6.45, 7) is 0. The third kappa shape index (κ3) is 2.94. The lowest BCUT2D eigenvalue weighted by Gasteiger charge is -2.31. The summed E-state index contributed by atoms with van der Waals surface area (Å²) in [6.07, 6.45) is 0. The molecule has 3 aromatic carbocycles. The number of nitrogens with zero attached hydrogens (tertiary/aromatic N) is 3. The van der Waals surface area contributed by atoms with Gasteiger partial charge in [0.1, 0.15) is 0 Å². The van der Waals surface area contributed by atoms with Gasteiger partial charge in [0.05, 0.1) is 39.7 Å². The average molecular weight is 501 g/mol. The summed E-state index contributed by atoms with van der Waals surface area (Å²) < 4.78 is 4.49. The third-order valence-corrected chi connectivity index (χ3v) is 7.05. The van der Waals surface area contributed by atoms with E-state index < -0.39 is 17.3 Å². The van der Waals surface area contributed by atoms with Crippen LogP contribution < -0.4 is 16.6 Å². The number of fused-ring (bicyclic) bond motifs is 5. The molecule has 1 aliphatic heterocycles. The Balaban J connectivity index is 1.87. The van der Waals surface area contributed by atoms with Gasteiger partial charge >= 0.3 is 5.69 Å². The number of halogens is 1. The molecule has 1 unspecified atom stereocenters. The molecule has 0 aliphatic carbocycles. The molecule has 6 rings (SSSR count). The summed E-state index contributed by atoms with van der Waals surface area (Å²) in [7, 11) is 3.08. The summed E-state index contributed by atoms with van der Waals surface area (Å²) in [6, 6.07) is 18.8. The van der Waals surface area contributed by atoms with Crippen molar-refractivity contribution in [3.05, 3.63) is 104 Å². The Morgan fingerprint density at radius 1 is 0.889 bits per heavy atom. The second kappa shape index (κ2) is 7.79. The quantitative estimate of drug-likeness (QED) is 0.314. The molecule has 2 aromatic heterocycles. The molecule has 180 valence electrons. The molecule has 3 N–H and O–H groups in total. The van der Waals surface area contributed by atoms with Crippen molar-refractivity contribution in [3.63, 3.8) is 0 Å². The zero-order chi connectivity index (χ0) is 25.3. The van der Waals surface area contributed by atoms with Gasteiger partial charge in [-0.1, -0.05) is 48.0 Å². The van der Waals surface area contributed by atoms with E-state index in [0.29, 0.717) is 32.9 Å². The fraction of sp³-hybridized carbons (Fsp3) is 0.111. The van der Waals surface area contributed by atoms with Gasteiger partial charge in [-0.25, -0.2) is 4.79 Å². The summed E-state index contributed by atoms with van der Waals surface area (Å²) >= 11 is 6.17. The van der Waals surface area contributed by atoms with Crippen molar-refractivity contribution in [1.82, 2.24) is 13.7 Å². The van der Waals surface area contributed by atoms with Gasteiger partial charge in [0.2, 0.25) is 0 Å². The molecule has 0 fully saturated rings. The van der Waals surface area contributed by atoms with Crippen LogP contribution in [0.25, 0.3) is 27.8 Å². The first-order valence-electron chi connectivity index (χ1n) is 11.3. The topological polar surface area (TPSA) is 101 Å². The van der Waals surface area contributed by atoms with Crippen LogP contribution in [-0.4, -0.2) is 23.9 Å². The lowest BCUT2D eigenvalue weighted by atomic mass is 9.98. The van der Waals surface area contributed by atoms with Crippen LogP contribution in [0.2, 0.25) is 5.02 Å². The van der Waals surface area contributed by atoms with Crippen LogP contribution in [0, 0.1) is 0 Å². The van der Waals surface area contributed by atoms with Crippen LogP contribution in [0.3, 0.4) is 0 Å². The molecular weight excluding hydrogens is 480 g/mol. The van der Waals surface area contributed by atoms with E-state index in [0.717, 1.165) is 21.5 Å². The van der Waals surface area contributed by atoms with E-state index in [4.69, 9.17) is 11.6 Å². The predicted molar refractivity (Wildman–Crippen MR) is 139 cm³/mol. The Morgan fingerprint density at radius 3 is 2.36 bits per heavy atom. The van der Waals surface area contributed by atoms with Crippen LogP contribution in [0.1, 0.15) is 17.3 Å². The number of phenols is 2.